The van der Waals surface area contributed by atoms with E-state index in [-0.39, 0.29) is 6.54 Å². The molecule has 0 fully saturated rings. The molecule has 0 unspecified atom stereocenters. The van der Waals surface area contributed by atoms with Crippen LogP contribution in [0.15, 0.2) is 21.7 Å². The Kier molecular flexibility index (Phi) is 3.39. The van der Waals surface area contributed by atoms with Gasteiger partial charge in [-0.15, -0.1) is 0 Å². The first-order chi connectivity index (χ1) is 8.04. The number of halogens is 1. The topological polar surface area (TPSA) is 91.8 Å². The smallest absolute Gasteiger partial charge is 0.317 e. The fourth-order valence-corrected chi connectivity index (χ4v) is 2.07. The molecule has 2 rings (SSSR count). The van der Waals surface area contributed by atoms with Crippen LogP contribution in [0.5, 0.6) is 0 Å². The van der Waals surface area contributed by atoms with Crippen molar-refractivity contribution in [3.8, 4) is 0 Å². The van der Waals surface area contributed by atoms with Gasteiger partial charge >= 0.3 is 5.97 Å². The summed E-state index contributed by atoms with van der Waals surface area (Å²) in [5.41, 5.74) is 6.58. The number of pyridine rings is 1. The lowest BCUT2D eigenvalue weighted by atomic mass is 10.2. The van der Waals surface area contributed by atoms with E-state index in [9.17, 15) is 4.79 Å². The number of aliphatic imine (C=N–C) groups is 1. The molecule has 0 atom stereocenters. The molecule has 0 radical (unpaired) electrons. The van der Waals surface area contributed by atoms with Gasteiger partial charge in [0.15, 0.2) is 5.82 Å². The Balaban J connectivity index is 2.32. The Labute approximate surface area is 106 Å². The Morgan fingerprint density at radius 3 is 3.06 bits per heavy atom. The number of nitrogens with zero attached hydrogens (tertiary/aromatic N) is 3. The van der Waals surface area contributed by atoms with E-state index in [0.29, 0.717) is 24.7 Å². The van der Waals surface area contributed by atoms with Crippen LogP contribution in [0.1, 0.15) is 5.56 Å². The molecular formula is C10H11BrN4O2. The van der Waals surface area contributed by atoms with Crippen LogP contribution in [0, 0.1) is 0 Å². The van der Waals surface area contributed by atoms with Gasteiger partial charge in [0.1, 0.15) is 5.84 Å². The Hall–Kier alpha value is -1.47. The molecule has 2 heterocycles. The van der Waals surface area contributed by atoms with Crippen molar-refractivity contribution in [1.29, 1.82) is 0 Å². The third kappa shape index (κ3) is 3.01. The van der Waals surface area contributed by atoms with E-state index >= 15 is 0 Å². The molecule has 0 aromatic carbocycles. The zero-order valence-electron chi connectivity index (χ0n) is 8.93. The van der Waals surface area contributed by atoms with Gasteiger partial charge in [0.2, 0.25) is 0 Å². The zero-order valence-corrected chi connectivity index (χ0v) is 10.5. The van der Waals surface area contributed by atoms with Crippen LogP contribution in [-0.2, 0) is 11.3 Å². The summed E-state index contributed by atoms with van der Waals surface area (Å²) in [7, 11) is 0. The fraction of sp³-hybridized carbons (Fsp3) is 0.300. The summed E-state index contributed by atoms with van der Waals surface area (Å²) in [6, 6.07) is 1.87. The van der Waals surface area contributed by atoms with Crippen LogP contribution in [0.3, 0.4) is 0 Å². The Morgan fingerprint density at radius 1 is 1.59 bits per heavy atom. The van der Waals surface area contributed by atoms with Crippen molar-refractivity contribution in [2.24, 2.45) is 10.7 Å². The van der Waals surface area contributed by atoms with Gasteiger partial charge in [-0.2, -0.15) is 0 Å². The van der Waals surface area contributed by atoms with Crippen molar-refractivity contribution >= 4 is 33.6 Å². The van der Waals surface area contributed by atoms with Crippen LogP contribution in [-0.4, -0.2) is 39.9 Å². The van der Waals surface area contributed by atoms with Crippen LogP contribution < -0.4 is 5.73 Å². The van der Waals surface area contributed by atoms with E-state index in [2.05, 4.69) is 25.9 Å². The summed E-state index contributed by atoms with van der Waals surface area (Å²) in [4.78, 5) is 20.7. The molecule has 1 aromatic rings. The summed E-state index contributed by atoms with van der Waals surface area (Å²) in [6.45, 7) is 0.737. The molecule has 7 heteroatoms. The number of hydrogen-bond acceptors (Lipinski definition) is 5. The van der Waals surface area contributed by atoms with E-state index in [0.717, 1.165) is 10.0 Å². The summed E-state index contributed by atoms with van der Waals surface area (Å²) in [5.74, 6) is 0.0441. The maximum Gasteiger partial charge on any atom is 0.317 e. The van der Waals surface area contributed by atoms with Crippen molar-refractivity contribution < 1.29 is 9.90 Å². The minimum atomic E-state index is -0.885. The predicted molar refractivity (Wildman–Crippen MR) is 66.1 cm³/mol. The lowest BCUT2D eigenvalue weighted by molar-refractivity contribution is -0.138. The van der Waals surface area contributed by atoms with E-state index < -0.39 is 5.97 Å². The van der Waals surface area contributed by atoms with Crippen molar-refractivity contribution in [3.63, 3.8) is 0 Å². The SMILES string of the molecule is NC1=Nc2ncc(Br)cc2CN(CC(=O)O)C1. The molecule has 0 aliphatic carbocycles. The normalized spacial score (nSPS) is 15.9. The molecule has 1 aliphatic rings. The Bertz CT molecular complexity index is 489. The molecule has 3 N–H and O–H groups in total. The average Bonchev–Trinajstić information content (AvgIpc) is 2.34. The van der Waals surface area contributed by atoms with E-state index in [4.69, 9.17) is 10.8 Å². The lowest BCUT2D eigenvalue weighted by Crippen LogP contribution is -2.35. The molecular weight excluding hydrogens is 288 g/mol. The monoisotopic (exact) mass is 298 g/mol. The van der Waals surface area contributed by atoms with E-state index in [1.807, 2.05) is 6.07 Å². The highest BCUT2D eigenvalue weighted by molar-refractivity contribution is 9.10. The molecule has 1 aromatic heterocycles. The van der Waals surface area contributed by atoms with Gasteiger partial charge in [-0.05, 0) is 22.0 Å². The van der Waals surface area contributed by atoms with Gasteiger partial charge in [-0.1, -0.05) is 0 Å². The molecule has 0 saturated carbocycles. The second-order valence-electron chi connectivity index (χ2n) is 3.78. The largest absolute Gasteiger partial charge is 0.480 e. The highest BCUT2D eigenvalue weighted by Gasteiger charge is 2.18. The van der Waals surface area contributed by atoms with Crippen LogP contribution in [0.4, 0.5) is 5.82 Å². The van der Waals surface area contributed by atoms with Gasteiger partial charge in [-0.25, -0.2) is 9.98 Å². The number of carboxylic acids is 1. The zero-order chi connectivity index (χ0) is 12.4. The average molecular weight is 299 g/mol. The lowest BCUT2D eigenvalue weighted by Gasteiger charge is -2.17. The minimum Gasteiger partial charge on any atom is -0.480 e. The number of amidine groups is 1. The Morgan fingerprint density at radius 2 is 2.35 bits per heavy atom. The highest BCUT2D eigenvalue weighted by atomic mass is 79.9. The first kappa shape index (κ1) is 12.0. The maximum absolute atomic E-state index is 10.7. The molecule has 1 aliphatic heterocycles. The first-order valence-electron chi connectivity index (χ1n) is 4.96. The quantitative estimate of drug-likeness (QED) is 0.840. The summed E-state index contributed by atoms with van der Waals surface area (Å²) < 4.78 is 0.835. The fourth-order valence-electron chi connectivity index (χ4n) is 1.69. The van der Waals surface area contributed by atoms with Crippen molar-refractivity contribution in [3.05, 3.63) is 22.3 Å². The van der Waals surface area contributed by atoms with Gasteiger partial charge in [0.25, 0.3) is 0 Å². The van der Waals surface area contributed by atoms with Crippen molar-refractivity contribution in [1.82, 2.24) is 9.88 Å². The predicted octanol–water partition coefficient (Wildman–Crippen LogP) is 0.733. The number of nitrogens with two attached hydrogens (primary N) is 1. The number of rotatable bonds is 2. The second-order valence-corrected chi connectivity index (χ2v) is 4.69. The number of aromatic nitrogens is 1. The van der Waals surface area contributed by atoms with Crippen LogP contribution in [0.25, 0.3) is 0 Å². The first-order valence-corrected chi connectivity index (χ1v) is 5.75. The molecule has 0 amide bonds. The summed E-state index contributed by atoms with van der Waals surface area (Å²) in [6.07, 6.45) is 1.64. The minimum absolute atomic E-state index is 0.0673. The third-order valence-corrected chi connectivity index (χ3v) is 2.73. The van der Waals surface area contributed by atoms with Gasteiger partial charge in [0.05, 0.1) is 13.1 Å². The van der Waals surface area contributed by atoms with Gasteiger partial charge in [-0.3, -0.25) is 9.69 Å². The van der Waals surface area contributed by atoms with Crippen molar-refractivity contribution in [2.45, 2.75) is 6.54 Å². The van der Waals surface area contributed by atoms with Crippen molar-refractivity contribution in [2.75, 3.05) is 13.1 Å². The molecule has 0 spiro atoms. The van der Waals surface area contributed by atoms with Crippen LogP contribution in [0.2, 0.25) is 0 Å². The second kappa shape index (κ2) is 4.80. The van der Waals surface area contributed by atoms with Gasteiger partial charge in [0, 0.05) is 22.8 Å². The molecule has 0 saturated heterocycles. The molecule has 90 valence electrons. The standard InChI is InChI=1S/C10H11BrN4O2/c11-7-1-6-3-15(5-9(16)17)4-8(12)14-10(6)13-2-7/h1-2H,3-5H2,(H,16,17)(H2,12,13,14). The van der Waals surface area contributed by atoms with Gasteiger partial charge < -0.3 is 10.8 Å². The van der Waals surface area contributed by atoms with E-state index in [1.54, 1.807) is 11.1 Å². The molecule has 6 nitrogen and oxygen atoms in total. The summed E-state index contributed by atoms with van der Waals surface area (Å²) >= 11 is 3.32. The number of aliphatic carboxylic acids is 1. The number of hydrogen-bond donors (Lipinski definition) is 2. The number of carboxylic acid groups (broad SMARTS) is 1. The van der Waals surface area contributed by atoms with Crippen LogP contribution >= 0.6 is 15.9 Å². The highest BCUT2D eigenvalue weighted by Crippen LogP contribution is 2.23. The van der Waals surface area contributed by atoms with E-state index in [1.165, 1.54) is 0 Å². The molecule has 0 bridgehead atoms. The maximum atomic E-state index is 10.7. The number of fused-ring (bicyclic) bond motifs is 1. The number of carbonyl (C=O) groups is 1. The third-order valence-electron chi connectivity index (χ3n) is 2.30. The summed E-state index contributed by atoms with van der Waals surface area (Å²) in [5, 5.41) is 8.80. The molecule has 17 heavy (non-hydrogen) atoms.